The Hall–Kier alpha value is -2.66. The second-order valence-corrected chi connectivity index (χ2v) is 6.45. The van der Waals surface area contributed by atoms with E-state index in [9.17, 15) is 4.79 Å². The summed E-state index contributed by atoms with van der Waals surface area (Å²) >= 11 is 5.87. The number of nitrogens with one attached hydrogen (secondary N) is 1. The molecule has 0 saturated heterocycles. The zero-order valence-corrected chi connectivity index (χ0v) is 15.3. The van der Waals surface area contributed by atoms with Crippen molar-refractivity contribution in [2.75, 3.05) is 5.32 Å². The van der Waals surface area contributed by atoms with Crippen LogP contribution in [0, 0.1) is 0 Å². The quantitative estimate of drug-likeness (QED) is 0.642. The van der Waals surface area contributed by atoms with Crippen molar-refractivity contribution in [1.82, 2.24) is 10.1 Å². The summed E-state index contributed by atoms with van der Waals surface area (Å²) in [6.07, 6.45) is 2.81. The van der Waals surface area contributed by atoms with Crippen molar-refractivity contribution in [3.63, 3.8) is 0 Å². The molecule has 0 radical (unpaired) electrons. The van der Waals surface area contributed by atoms with Crippen molar-refractivity contribution in [2.24, 2.45) is 0 Å². The molecule has 1 aromatic heterocycles. The maximum atomic E-state index is 12.1. The van der Waals surface area contributed by atoms with Gasteiger partial charge in [-0.1, -0.05) is 42.2 Å². The van der Waals surface area contributed by atoms with Gasteiger partial charge < -0.3 is 9.84 Å². The summed E-state index contributed by atoms with van der Waals surface area (Å²) < 4.78 is 5.22. The largest absolute Gasteiger partial charge is 0.339 e. The fourth-order valence-electron chi connectivity index (χ4n) is 2.56. The summed E-state index contributed by atoms with van der Waals surface area (Å²) in [4.78, 5) is 16.4. The van der Waals surface area contributed by atoms with Crippen molar-refractivity contribution >= 4 is 23.2 Å². The lowest BCUT2D eigenvalue weighted by Gasteiger charge is -2.05. The number of hydrogen-bond donors (Lipinski definition) is 1. The molecule has 5 nitrogen and oxygen atoms in total. The van der Waals surface area contributed by atoms with E-state index < -0.39 is 0 Å². The molecule has 0 fully saturated rings. The topological polar surface area (TPSA) is 68.0 Å². The lowest BCUT2D eigenvalue weighted by atomic mass is 10.1. The average molecular weight is 370 g/mol. The van der Waals surface area contributed by atoms with Gasteiger partial charge in [0.25, 0.3) is 0 Å². The monoisotopic (exact) mass is 369 g/mol. The number of carbonyl (C=O) groups excluding carboxylic acids is 1. The first-order valence-corrected chi connectivity index (χ1v) is 8.99. The second-order valence-electron chi connectivity index (χ2n) is 6.01. The van der Waals surface area contributed by atoms with Gasteiger partial charge in [-0.3, -0.25) is 4.79 Å². The molecule has 0 unspecified atom stereocenters. The molecule has 2 aromatic carbocycles. The van der Waals surface area contributed by atoms with E-state index in [4.69, 9.17) is 16.1 Å². The highest BCUT2D eigenvalue weighted by atomic mass is 35.5. The van der Waals surface area contributed by atoms with Crippen LogP contribution in [0.2, 0.25) is 5.02 Å². The van der Waals surface area contributed by atoms with Crippen LogP contribution < -0.4 is 5.32 Å². The fourth-order valence-corrected chi connectivity index (χ4v) is 2.69. The summed E-state index contributed by atoms with van der Waals surface area (Å²) in [6.45, 7) is 2.14. The minimum absolute atomic E-state index is 0.0838. The zero-order valence-electron chi connectivity index (χ0n) is 14.5. The van der Waals surface area contributed by atoms with Gasteiger partial charge in [0.2, 0.25) is 17.6 Å². The predicted molar refractivity (Wildman–Crippen MR) is 102 cm³/mol. The molecule has 6 heteroatoms. The Kier molecular flexibility index (Phi) is 6.02. The average Bonchev–Trinajstić information content (AvgIpc) is 3.11. The lowest BCUT2D eigenvalue weighted by Crippen LogP contribution is -2.12. The molecule has 1 heterocycles. The molecular formula is C20H20ClN3O2. The van der Waals surface area contributed by atoms with Gasteiger partial charge in [0.15, 0.2) is 0 Å². The van der Waals surface area contributed by atoms with Crippen LogP contribution in [0.15, 0.2) is 53.1 Å². The molecule has 3 aromatic rings. The summed E-state index contributed by atoms with van der Waals surface area (Å²) in [5, 5.41) is 7.48. The molecule has 0 aliphatic rings. The van der Waals surface area contributed by atoms with E-state index in [0.29, 0.717) is 23.2 Å². The number of rotatable bonds is 7. The van der Waals surface area contributed by atoms with E-state index in [1.165, 1.54) is 5.56 Å². The van der Waals surface area contributed by atoms with Crippen molar-refractivity contribution < 1.29 is 9.32 Å². The van der Waals surface area contributed by atoms with Crippen molar-refractivity contribution in [2.45, 2.75) is 32.6 Å². The Morgan fingerprint density at radius 2 is 1.81 bits per heavy atom. The number of carbonyl (C=O) groups is 1. The van der Waals surface area contributed by atoms with E-state index in [1.807, 2.05) is 36.4 Å². The maximum absolute atomic E-state index is 12.1. The molecule has 0 atom stereocenters. The molecule has 0 aliphatic heterocycles. The van der Waals surface area contributed by atoms with Gasteiger partial charge >= 0.3 is 0 Å². The predicted octanol–water partition coefficient (Wildman–Crippen LogP) is 4.91. The minimum atomic E-state index is -0.0838. The first-order valence-electron chi connectivity index (χ1n) is 8.61. The molecule has 1 N–H and O–H groups in total. The van der Waals surface area contributed by atoms with Crippen molar-refractivity contribution in [1.29, 1.82) is 0 Å². The van der Waals surface area contributed by atoms with E-state index >= 15 is 0 Å². The standard InChI is InChI=1S/C20H20ClN3O2/c1-2-3-14-4-10-17(11-5-14)22-18(25)12-13-19-23-20(24-26-19)15-6-8-16(21)9-7-15/h4-11H,2-3,12-13H2,1H3,(H,22,25). The van der Waals surface area contributed by atoms with Crippen LogP contribution in [0.3, 0.4) is 0 Å². The number of halogens is 1. The molecule has 0 bridgehead atoms. The minimum Gasteiger partial charge on any atom is -0.339 e. The summed E-state index contributed by atoms with van der Waals surface area (Å²) in [5.74, 6) is 0.839. The van der Waals surface area contributed by atoms with Gasteiger partial charge in [-0.15, -0.1) is 0 Å². The van der Waals surface area contributed by atoms with Gasteiger partial charge in [-0.25, -0.2) is 0 Å². The highest BCUT2D eigenvalue weighted by Crippen LogP contribution is 2.19. The summed E-state index contributed by atoms with van der Waals surface area (Å²) in [6, 6.07) is 15.1. The van der Waals surface area contributed by atoms with E-state index in [0.717, 1.165) is 24.1 Å². The molecule has 1 amide bonds. The zero-order chi connectivity index (χ0) is 18.4. The van der Waals surface area contributed by atoms with Gasteiger partial charge in [-0.2, -0.15) is 4.98 Å². The molecule has 0 spiro atoms. The van der Waals surface area contributed by atoms with Gasteiger partial charge in [0.05, 0.1) is 0 Å². The molecule has 3 rings (SSSR count). The number of aromatic nitrogens is 2. The summed E-state index contributed by atoms with van der Waals surface area (Å²) in [5.41, 5.74) is 2.88. The van der Waals surface area contributed by atoms with E-state index in [2.05, 4.69) is 22.4 Å². The van der Waals surface area contributed by atoms with Crippen LogP contribution in [-0.4, -0.2) is 16.0 Å². The van der Waals surface area contributed by atoms with Crippen LogP contribution in [0.1, 0.15) is 31.2 Å². The Labute approximate surface area is 157 Å². The molecule has 0 saturated carbocycles. The first kappa shape index (κ1) is 18.1. The van der Waals surface area contributed by atoms with Gasteiger partial charge in [0.1, 0.15) is 0 Å². The fraction of sp³-hybridized carbons (Fsp3) is 0.250. The number of nitrogens with zero attached hydrogens (tertiary/aromatic N) is 2. The SMILES string of the molecule is CCCc1ccc(NC(=O)CCc2nc(-c3ccc(Cl)cc3)no2)cc1. The Bertz CT molecular complexity index is 858. The normalized spacial score (nSPS) is 10.7. The summed E-state index contributed by atoms with van der Waals surface area (Å²) in [7, 11) is 0. The van der Waals surface area contributed by atoms with Gasteiger partial charge in [0, 0.05) is 29.1 Å². The van der Waals surface area contributed by atoms with E-state index in [-0.39, 0.29) is 12.3 Å². The van der Waals surface area contributed by atoms with Crippen molar-refractivity contribution in [3.05, 3.63) is 65.0 Å². The van der Waals surface area contributed by atoms with Crippen LogP contribution in [0.5, 0.6) is 0 Å². The number of hydrogen-bond acceptors (Lipinski definition) is 4. The van der Waals surface area contributed by atoms with Crippen LogP contribution in [0.4, 0.5) is 5.69 Å². The highest BCUT2D eigenvalue weighted by molar-refractivity contribution is 6.30. The molecule has 26 heavy (non-hydrogen) atoms. The lowest BCUT2D eigenvalue weighted by molar-refractivity contribution is -0.116. The Balaban J connectivity index is 1.52. The Morgan fingerprint density at radius 3 is 2.50 bits per heavy atom. The van der Waals surface area contributed by atoms with E-state index in [1.54, 1.807) is 12.1 Å². The Morgan fingerprint density at radius 1 is 1.08 bits per heavy atom. The van der Waals surface area contributed by atoms with Crippen molar-refractivity contribution in [3.8, 4) is 11.4 Å². The number of aryl methyl sites for hydroxylation is 2. The van der Waals surface area contributed by atoms with Crippen LogP contribution in [0.25, 0.3) is 11.4 Å². The molecule has 134 valence electrons. The molecular weight excluding hydrogens is 350 g/mol. The number of benzene rings is 2. The first-order chi connectivity index (χ1) is 12.6. The van der Waals surface area contributed by atoms with Crippen LogP contribution >= 0.6 is 11.6 Å². The second kappa shape index (κ2) is 8.63. The maximum Gasteiger partial charge on any atom is 0.227 e. The number of anilines is 1. The smallest absolute Gasteiger partial charge is 0.227 e. The highest BCUT2D eigenvalue weighted by Gasteiger charge is 2.11. The van der Waals surface area contributed by atoms with Crippen LogP contribution in [-0.2, 0) is 17.6 Å². The van der Waals surface area contributed by atoms with Gasteiger partial charge in [-0.05, 0) is 48.4 Å². The number of amides is 1. The molecule has 0 aliphatic carbocycles. The third-order valence-electron chi connectivity index (χ3n) is 3.91. The third kappa shape index (κ3) is 4.92. The third-order valence-corrected chi connectivity index (χ3v) is 4.16.